The number of carbonyl (C=O) groups is 1. The van der Waals surface area contributed by atoms with Crippen molar-refractivity contribution in [2.75, 3.05) is 0 Å². The summed E-state index contributed by atoms with van der Waals surface area (Å²) in [6.45, 7) is 10.4. The van der Waals surface area contributed by atoms with Crippen LogP contribution in [0, 0.1) is 5.41 Å². The summed E-state index contributed by atoms with van der Waals surface area (Å²) in [5, 5.41) is 0. The summed E-state index contributed by atoms with van der Waals surface area (Å²) in [4.78, 5) is 22.0. The van der Waals surface area contributed by atoms with Crippen molar-refractivity contribution in [2.45, 2.75) is 65.9 Å². The number of unbranched alkanes of at least 4 members (excludes halogenated alkanes) is 1. The second-order valence-electron chi connectivity index (χ2n) is 7.18. The van der Waals surface area contributed by atoms with Crippen LogP contribution in [0.5, 0.6) is 0 Å². The van der Waals surface area contributed by atoms with Gasteiger partial charge in [-0.25, -0.2) is 4.79 Å². The third-order valence-corrected chi connectivity index (χ3v) is 3.37. The maximum atomic E-state index is 11.7. The molecule has 21 heavy (non-hydrogen) atoms. The van der Waals surface area contributed by atoms with E-state index in [0.29, 0.717) is 11.8 Å². The molecule has 0 spiro atoms. The number of rotatable bonds is 7. The number of benzene rings is 1. The molecule has 118 valence electrons. The highest BCUT2D eigenvalue weighted by molar-refractivity contribution is 5.68. The molecule has 0 atom stereocenters. The largest absolute Gasteiger partial charge is 0.342 e. The maximum Gasteiger partial charge on any atom is 0.342 e. The molecule has 0 unspecified atom stereocenters. The van der Waals surface area contributed by atoms with E-state index in [1.54, 1.807) is 0 Å². The van der Waals surface area contributed by atoms with Gasteiger partial charge in [0.1, 0.15) is 5.60 Å². The summed E-state index contributed by atoms with van der Waals surface area (Å²) in [6, 6.07) is 9.73. The lowest BCUT2D eigenvalue weighted by molar-refractivity contribution is -0.329. The SMILES string of the molecule is CC(C)(C)CCCCC(=O)OOC(C)(C)c1ccccc1. The van der Waals surface area contributed by atoms with E-state index in [0.717, 1.165) is 24.8 Å². The van der Waals surface area contributed by atoms with Crippen LogP contribution in [-0.2, 0) is 20.2 Å². The minimum Gasteiger partial charge on any atom is -0.297 e. The van der Waals surface area contributed by atoms with Gasteiger partial charge >= 0.3 is 5.97 Å². The monoisotopic (exact) mass is 292 g/mol. The Labute approximate surface area is 128 Å². The zero-order valence-electron chi connectivity index (χ0n) is 13.9. The molecule has 0 saturated heterocycles. The van der Waals surface area contributed by atoms with Gasteiger partial charge in [-0.1, -0.05) is 57.5 Å². The van der Waals surface area contributed by atoms with Gasteiger partial charge in [0.2, 0.25) is 0 Å². The van der Waals surface area contributed by atoms with Crippen molar-refractivity contribution in [3.05, 3.63) is 35.9 Å². The summed E-state index contributed by atoms with van der Waals surface area (Å²) in [5.41, 5.74) is 0.656. The molecule has 0 aliphatic heterocycles. The molecule has 0 aliphatic carbocycles. The van der Waals surface area contributed by atoms with Crippen LogP contribution in [0.25, 0.3) is 0 Å². The molecular weight excluding hydrogens is 264 g/mol. The highest BCUT2D eigenvalue weighted by Gasteiger charge is 2.24. The molecule has 0 amide bonds. The second-order valence-corrected chi connectivity index (χ2v) is 7.18. The van der Waals surface area contributed by atoms with Gasteiger partial charge in [-0.15, -0.1) is 0 Å². The maximum absolute atomic E-state index is 11.7. The molecule has 0 aromatic heterocycles. The summed E-state index contributed by atoms with van der Waals surface area (Å²) in [7, 11) is 0. The van der Waals surface area contributed by atoms with Crippen molar-refractivity contribution < 1.29 is 14.6 Å². The van der Waals surface area contributed by atoms with Crippen molar-refractivity contribution in [1.82, 2.24) is 0 Å². The highest BCUT2D eigenvalue weighted by Crippen LogP contribution is 2.25. The fraction of sp³-hybridized carbons (Fsp3) is 0.611. The van der Waals surface area contributed by atoms with Crippen LogP contribution < -0.4 is 0 Å². The first-order chi connectivity index (χ1) is 9.71. The van der Waals surface area contributed by atoms with Gasteiger partial charge in [-0.05, 0) is 37.7 Å². The smallest absolute Gasteiger partial charge is 0.297 e. The highest BCUT2D eigenvalue weighted by atomic mass is 17.2. The predicted molar refractivity (Wildman–Crippen MR) is 84.6 cm³/mol. The van der Waals surface area contributed by atoms with Crippen LogP contribution >= 0.6 is 0 Å². The zero-order valence-corrected chi connectivity index (χ0v) is 13.9. The van der Waals surface area contributed by atoms with E-state index in [9.17, 15) is 4.79 Å². The molecular formula is C18H28O3. The van der Waals surface area contributed by atoms with Crippen molar-refractivity contribution in [3.63, 3.8) is 0 Å². The van der Waals surface area contributed by atoms with E-state index in [1.807, 2.05) is 44.2 Å². The van der Waals surface area contributed by atoms with E-state index >= 15 is 0 Å². The fourth-order valence-corrected chi connectivity index (χ4v) is 2.00. The number of hydrogen-bond acceptors (Lipinski definition) is 3. The molecule has 0 N–H and O–H groups in total. The van der Waals surface area contributed by atoms with Crippen LogP contribution in [0.1, 0.15) is 65.9 Å². The normalized spacial score (nSPS) is 12.2. The molecule has 3 nitrogen and oxygen atoms in total. The Hall–Kier alpha value is -1.35. The average molecular weight is 292 g/mol. The third-order valence-electron chi connectivity index (χ3n) is 3.37. The molecule has 0 radical (unpaired) electrons. The molecule has 1 aromatic carbocycles. The van der Waals surface area contributed by atoms with Gasteiger partial charge < -0.3 is 0 Å². The van der Waals surface area contributed by atoms with Crippen LogP contribution in [0.15, 0.2) is 30.3 Å². The summed E-state index contributed by atoms with van der Waals surface area (Å²) < 4.78 is 0. The van der Waals surface area contributed by atoms with Gasteiger partial charge in [0.25, 0.3) is 0 Å². The number of carbonyl (C=O) groups excluding carboxylic acids is 1. The first kappa shape index (κ1) is 17.7. The third kappa shape index (κ3) is 7.28. The van der Waals surface area contributed by atoms with Crippen LogP contribution in [-0.4, -0.2) is 5.97 Å². The topological polar surface area (TPSA) is 35.5 Å². The molecule has 3 heteroatoms. The van der Waals surface area contributed by atoms with Gasteiger partial charge in [-0.3, -0.25) is 4.89 Å². The fourth-order valence-electron chi connectivity index (χ4n) is 2.00. The molecule has 1 aromatic rings. The molecule has 0 saturated carbocycles. The zero-order chi connectivity index (χ0) is 15.9. The first-order valence-corrected chi connectivity index (χ1v) is 7.65. The van der Waals surface area contributed by atoms with Gasteiger partial charge in [0.15, 0.2) is 0 Å². The lowest BCUT2D eigenvalue weighted by Gasteiger charge is -2.23. The molecule has 0 aliphatic rings. The Bertz CT molecular complexity index is 430. The van der Waals surface area contributed by atoms with Gasteiger partial charge in [-0.2, -0.15) is 4.89 Å². The lowest BCUT2D eigenvalue weighted by atomic mass is 9.89. The second kappa shape index (κ2) is 7.60. The van der Waals surface area contributed by atoms with E-state index in [-0.39, 0.29) is 5.97 Å². The van der Waals surface area contributed by atoms with Crippen LogP contribution in [0.3, 0.4) is 0 Å². The van der Waals surface area contributed by atoms with E-state index in [1.165, 1.54) is 0 Å². The lowest BCUT2D eigenvalue weighted by Crippen LogP contribution is -2.23. The van der Waals surface area contributed by atoms with Gasteiger partial charge in [0.05, 0.1) is 0 Å². The Morgan fingerprint density at radius 1 is 1.00 bits per heavy atom. The minimum atomic E-state index is -0.637. The quantitative estimate of drug-likeness (QED) is 0.403. The van der Waals surface area contributed by atoms with E-state index in [4.69, 9.17) is 9.78 Å². The van der Waals surface area contributed by atoms with E-state index < -0.39 is 5.60 Å². The van der Waals surface area contributed by atoms with Gasteiger partial charge in [0, 0.05) is 6.42 Å². The molecule has 0 fully saturated rings. The number of hydrogen-bond donors (Lipinski definition) is 0. The van der Waals surface area contributed by atoms with Crippen molar-refractivity contribution in [1.29, 1.82) is 0 Å². The first-order valence-electron chi connectivity index (χ1n) is 7.65. The summed E-state index contributed by atoms with van der Waals surface area (Å²) in [6.07, 6.45) is 3.38. The predicted octanol–water partition coefficient (Wildman–Crippen LogP) is 5.00. The average Bonchev–Trinajstić information content (AvgIpc) is 2.41. The van der Waals surface area contributed by atoms with Crippen molar-refractivity contribution >= 4 is 5.97 Å². The van der Waals surface area contributed by atoms with Crippen molar-refractivity contribution in [2.24, 2.45) is 5.41 Å². The molecule has 1 rings (SSSR count). The van der Waals surface area contributed by atoms with Crippen molar-refractivity contribution in [3.8, 4) is 0 Å². The Morgan fingerprint density at radius 2 is 1.62 bits per heavy atom. The Kier molecular flexibility index (Phi) is 6.41. The summed E-state index contributed by atoms with van der Waals surface area (Å²) in [5.74, 6) is -0.298. The standard InChI is InChI=1S/C18H28O3/c1-17(2,3)14-10-9-13-16(19)20-21-18(4,5)15-11-7-6-8-12-15/h6-8,11-12H,9-10,13-14H2,1-5H3. The molecule has 0 bridgehead atoms. The summed E-state index contributed by atoms with van der Waals surface area (Å²) >= 11 is 0. The minimum absolute atomic E-state index is 0.298. The van der Waals surface area contributed by atoms with Crippen LogP contribution in [0.2, 0.25) is 0 Å². The van der Waals surface area contributed by atoms with E-state index in [2.05, 4.69) is 20.8 Å². The molecule has 0 heterocycles. The Balaban J connectivity index is 2.30. The van der Waals surface area contributed by atoms with Crippen LogP contribution in [0.4, 0.5) is 0 Å². The Morgan fingerprint density at radius 3 is 2.19 bits per heavy atom.